The molecule has 154 valence electrons. The van der Waals surface area contributed by atoms with E-state index in [9.17, 15) is 14.3 Å². The number of aliphatic hydroxyl groups is 1. The Morgan fingerprint density at radius 1 is 1.07 bits per heavy atom. The van der Waals surface area contributed by atoms with E-state index in [0.29, 0.717) is 23.3 Å². The van der Waals surface area contributed by atoms with E-state index < -0.39 is 0 Å². The Morgan fingerprint density at radius 3 is 2.62 bits per heavy atom. The third-order valence-electron chi connectivity index (χ3n) is 8.95. The number of Topliss-reactive ketones (excluding diaryl/α,β-unsaturated/α-hetero) is 1. The molecule has 5 rings (SSSR count). The fourth-order valence-corrected chi connectivity index (χ4v) is 7.22. The third-order valence-corrected chi connectivity index (χ3v) is 8.95. The van der Waals surface area contributed by atoms with Crippen LogP contribution in [-0.4, -0.2) is 17.0 Å². The van der Waals surface area contributed by atoms with E-state index in [0.717, 1.165) is 50.5 Å². The molecule has 0 amide bonds. The van der Waals surface area contributed by atoms with Crippen LogP contribution in [0.4, 0.5) is 4.39 Å². The summed E-state index contributed by atoms with van der Waals surface area (Å²) in [7, 11) is 0. The Labute approximate surface area is 172 Å². The van der Waals surface area contributed by atoms with Gasteiger partial charge in [-0.25, -0.2) is 4.39 Å². The molecule has 1 aromatic carbocycles. The second-order valence-corrected chi connectivity index (χ2v) is 10.3. The number of fused-ring (bicyclic) bond motifs is 5. The van der Waals surface area contributed by atoms with E-state index in [-0.39, 0.29) is 28.5 Å². The van der Waals surface area contributed by atoms with Gasteiger partial charge in [0.05, 0.1) is 6.10 Å². The lowest BCUT2D eigenvalue weighted by Crippen LogP contribution is -2.50. The molecule has 3 heteroatoms. The second-order valence-electron chi connectivity index (χ2n) is 10.3. The highest BCUT2D eigenvalue weighted by Crippen LogP contribution is 2.64. The van der Waals surface area contributed by atoms with E-state index in [1.54, 1.807) is 18.2 Å². The van der Waals surface area contributed by atoms with Crippen LogP contribution < -0.4 is 0 Å². The smallest absolute Gasteiger partial charge is 0.165 e. The van der Waals surface area contributed by atoms with Crippen LogP contribution in [0, 0.1) is 34.4 Å². The predicted molar refractivity (Wildman–Crippen MR) is 112 cm³/mol. The molecule has 6 atom stereocenters. The summed E-state index contributed by atoms with van der Waals surface area (Å²) in [5.74, 6) is 1.42. The summed E-state index contributed by atoms with van der Waals surface area (Å²) in [4.78, 5) is 13.4. The van der Waals surface area contributed by atoms with Gasteiger partial charge in [0, 0.05) is 11.0 Å². The highest BCUT2D eigenvalue weighted by Gasteiger charge is 2.59. The summed E-state index contributed by atoms with van der Waals surface area (Å²) < 4.78 is 14.2. The number of halogens is 1. The summed E-state index contributed by atoms with van der Waals surface area (Å²) in [6.45, 7) is 4.56. The molecule has 3 fully saturated rings. The van der Waals surface area contributed by atoms with Crippen LogP contribution in [0.2, 0.25) is 0 Å². The van der Waals surface area contributed by atoms with Crippen molar-refractivity contribution in [1.29, 1.82) is 0 Å². The van der Waals surface area contributed by atoms with Gasteiger partial charge in [0.1, 0.15) is 5.82 Å². The number of hydrogen-bond donors (Lipinski definition) is 1. The fourth-order valence-electron chi connectivity index (χ4n) is 7.22. The van der Waals surface area contributed by atoms with Gasteiger partial charge in [-0.2, -0.15) is 0 Å². The Bertz CT molecular complexity index is 915. The van der Waals surface area contributed by atoms with Gasteiger partial charge in [0.15, 0.2) is 5.78 Å². The highest BCUT2D eigenvalue weighted by molar-refractivity contribution is 6.06. The fraction of sp³-hybridized carbons (Fsp3) is 0.577. The van der Waals surface area contributed by atoms with E-state index in [4.69, 9.17) is 0 Å². The molecule has 3 saturated carbocycles. The molecule has 29 heavy (non-hydrogen) atoms. The maximum atomic E-state index is 14.2. The maximum absolute atomic E-state index is 14.2. The number of rotatable bonds is 1. The van der Waals surface area contributed by atoms with Crippen molar-refractivity contribution in [3.8, 4) is 0 Å². The number of benzene rings is 1. The molecule has 0 bridgehead atoms. The van der Waals surface area contributed by atoms with Crippen LogP contribution in [-0.2, 0) is 4.79 Å². The highest BCUT2D eigenvalue weighted by atomic mass is 19.1. The maximum Gasteiger partial charge on any atom is 0.165 e. The van der Waals surface area contributed by atoms with Crippen molar-refractivity contribution >= 4 is 11.9 Å². The number of aliphatic hydroxyl groups excluding tert-OH is 1. The standard InChI is InChI=1S/C26H31FO2/c1-25-11-9-19(28)15-18(25)7-8-20-21(25)10-12-26(2)22(20)14-17(24(26)29)13-16-5-3-4-6-23(16)27/h3-7,13,19-22,28H,8-12,14-15H2,1-2H3/b17-13+/t19-,20-,21+,22-,25-,26-/m0/s1. The van der Waals surface area contributed by atoms with E-state index in [1.807, 2.05) is 6.07 Å². The minimum atomic E-state index is -0.311. The van der Waals surface area contributed by atoms with Crippen molar-refractivity contribution in [1.82, 2.24) is 0 Å². The molecule has 4 aliphatic rings. The molecule has 1 N–H and O–H groups in total. The normalized spacial score (nSPS) is 42.8. The lowest BCUT2D eigenvalue weighted by atomic mass is 9.48. The van der Waals surface area contributed by atoms with Crippen LogP contribution in [0.15, 0.2) is 41.5 Å². The molecule has 1 aromatic rings. The lowest BCUT2D eigenvalue weighted by molar-refractivity contribution is -0.130. The molecule has 0 aromatic heterocycles. The minimum Gasteiger partial charge on any atom is -0.393 e. The SMILES string of the molecule is C[C@]12CC[C@H](O)CC1=CC[C@H]1[C@H]2CC[C@]2(C)C(=O)/C(=C/c3ccccc3F)C[C@@H]12. The van der Waals surface area contributed by atoms with E-state index >= 15 is 0 Å². The molecular formula is C26H31FO2. The van der Waals surface area contributed by atoms with Crippen LogP contribution in [0.25, 0.3) is 6.08 Å². The van der Waals surface area contributed by atoms with Gasteiger partial charge in [-0.3, -0.25) is 4.79 Å². The van der Waals surface area contributed by atoms with Crippen molar-refractivity contribution in [2.75, 3.05) is 0 Å². The van der Waals surface area contributed by atoms with Gasteiger partial charge in [-0.15, -0.1) is 0 Å². The minimum absolute atomic E-state index is 0.171. The number of allylic oxidation sites excluding steroid dienone is 2. The molecular weight excluding hydrogens is 363 g/mol. The van der Waals surface area contributed by atoms with Crippen molar-refractivity contribution in [3.05, 3.63) is 52.9 Å². The first kappa shape index (κ1) is 19.2. The van der Waals surface area contributed by atoms with E-state index in [1.165, 1.54) is 11.6 Å². The second kappa shape index (κ2) is 6.63. The quantitative estimate of drug-likeness (QED) is 0.489. The average molecular weight is 395 g/mol. The summed E-state index contributed by atoms with van der Waals surface area (Å²) in [5.41, 5.74) is 2.64. The predicted octanol–water partition coefficient (Wildman–Crippen LogP) is 5.71. The Kier molecular flexibility index (Phi) is 4.40. The van der Waals surface area contributed by atoms with Gasteiger partial charge >= 0.3 is 0 Å². The zero-order chi connectivity index (χ0) is 20.4. The van der Waals surface area contributed by atoms with Crippen molar-refractivity contribution < 1.29 is 14.3 Å². The number of ketones is 1. The molecule has 0 unspecified atom stereocenters. The number of carbonyl (C=O) groups is 1. The molecule has 4 aliphatic carbocycles. The Hall–Kier alpha value is -1.74. The van der Waals surface area contributed by atoms with Gasteiger partial charge in [0.25, 0.3) is 0 Å². The van der Waals surface area contributed by atoms with Crippen molar-refractivity contribution in [3.63, 3.8) is 0 Å². The monoisotopic (exact) mass is 394 g/mol. The zero-order valence-electron chi connectivity index (χ0n) is 17.5. The van der Waals surface area contributed by atoms with Gasteiger partial charge < -0.3 is 5.11 Å². The van der Waals surface area contributed by atoms with Crippen LogP contribution in [0.3, 0.4) is 0 Å². The first-order valence-corrected chi connectivity index (χ1v) is 11.2. The Morgan fingerprint density at radius 2 is 1.83 bits per heavy atom. The molecule has 0 saturated heterocycles. The summed E-state index contributed by atoms with van der Waals surface area (Å²) in [5, 5.41) is 10.2. The number of hydrogen-bond acceptors (Lipinski definition) is 2. The van der Waals surface area contributed by atoms with Crippen LogP contribution in [0.5, 0.6) is 0 Å². The van der Waals surface area contributed by atoms with Crippen LogP contribution in [0.1, 0.15) is 64.4 Å². The third kappa shape index (κ3) is 2.80. The average Bonchev–Trinajstić information content (AvgIpc) is 2.95. The first-order valence-electron chi connectivity index (χ1n) is 11.2. The van der Waals surface area contributed by atoms with E-state index in [2.05, 4.69) is 19.9 Å². The topological polar surface area (TPSA) is 37.3 Å². The molecule has 0 radical (unpaired) electrons. The summed E-state index contributed by atoms with van der Waals surface area (Å²) in [6, 6.07) is 6.73. The summed E-state index contributed by atoms with van der Waals surface area (Å²) >= 11 is 0. The van der Waals surface area contributed by atoms with Gasteiger partial charge in [0.2, 0.25) is 0 Å². The molecule has 0 aliphatic heterocycles. The van der Waals surface area contributed by atoms with Gasteiger partial charge in [-0.05, 0) is 85.8 Å². The largest absolute Gasteiger partial charge is 0.393 e. The molecule has 0 spiro atoms. The molecule has 0 heterocycles. The first-order chi connectivity index (χ1) is 13.8. The Balaban J connectivity index is 1.49. The zero-order valence-corrected chi connectivity index (χ0v) is 17.5. The number of carbonyl (C=O) groups excluding carboxylic acids is 1. The van der Waals surface area contributed by atoms with Crippen LogP contribution >= 0.6 is 0 Å². The molecule has 2 nitrogen and oxygen atoms in total. The lowest BCUT2D eigenvalue weighted by Gasteiger charge is -2.56. The van der Waals surface area contributed by atoms with Crippen molar-refractivity contribution in [2.45, 2.75) is 64.9 Å². The van der Waals surface area contributed by atoms with Crippen molar-refractivity contribution in [2.24, 2.45) is 28.6 Å². The summed E-state index contributed by atoms with van der Waals surface area (Å²) in [6.07, 6.45) is 10.6. The van der Waals surface area contributed by atoms with Gasteiger partial charge in [-0.1, -0.05) is 43.7 Å².